The second-order valence-electron chi connectivity index (χ2n) is 3.93. The van der Waals surface area contributed by atoms with Gasteiger partial charge in [-0.3, -0.25) is 4.79 Å². The lowest BCUT2D eigenvalue weighted by molar-refractivity contribution is -0.199. The summed E-state index contributed by atoms with van der Waals surface area (Å²) in [5.74, 6) is 3.40. The monoisotopic (exact) mass is 257 g/mol. The first-order valence-electron chi connectivity index (χ1n) is 5.11. The maximum Gasteiger partial charge on any atom is 0.472 e. The van der Waals surface area contributed by atoms with Crippen molar-refractivity contribution in [1.82, 2.24) is 15.6 Å². The van der Waals surface area contributed by atoms with Crippen molar-refractivity contribution in [3.8, 4) is 11.8 Å². The number of hydrazine groups is 2. The smallest absolute Gasteiger partial charge is 0.302 e. The quantitative estimate of drug-likeness (QED) is 0.656. The summed E-state index contributed by atoms with van der Waals surface area (Å²) in [5, 5.41) is 1.56. The van der Waals surface area contributed by atoms with E-state index >= 15 is 0 Å². The van der Waals surface area contributed by atoms with Gasteiger partial charge in [0.15, 0.2) is 6.04 Å². The van der Waals surface area contributed by atoms with Crippen LogP contribution in [0, 0.1) is 11.8 Å². The lowest BCUT2D eigenvalue weighted by Gasteiger charge is -2.25. The number of hydrogen-bond acceptors (Lipinski definition) is 3. The lowest BCUT2D eigenvalue weighted by Crippen LogP contribution is -2.50. The van der Waals surface area contributed by atoms with Crippen LogP contribution in [0.1, 0.15) is 6.92 Å². The van der Waals surface area contributed by atoms with Crippen molar-refractivity contribution >= 4 is 5.91 Å². The number of carbonyl (C=O) groups excluding carboxylic acids is 1. The molecule has 1 aliphatic heterocycles. The van der Waals surface area contributed by atoms with Crippen molar-refractivity contribution in [2.24, 2.45) is 0 Å². The van der Waals surface area contributed by atoms with Gasteiger partial charge in [0.1, 0.15) is 0 Å². The van der Waals surface area contributed by atoms with Crippen LogP contribution in [-0.2, 0) is 4.79 Å². The molecule has 1 N–H and O–H groups in total. The van der Waals surface area contributed by atoms with Gasteiger partial charge in [0, 0.05) is 7.05 Å². The summed E-state index contributed by atoms with van der Waals surface area (Å²) in [6.07, 6.45) is -1.64. The van der Waals surface area contributed by atoms with Crippen LogP contribution in [-0.4, -0.2) is 35.3 Å². The molecule has 2 rings (SSSR count). The molecule has 96 valence electrons. The Morgan fingerprint density at radius 2 is 2.11 bits per heavy atom. The van der Waals surface area contributed by atoms with Gasteiger partial charge in [0.2, 0.25) is 0 Å². The number of nitrogens with zero attached hydrogens (tertiary/aromatic N) is 2. The Hall–Kier alpha value is -1.94. The predicted octanol–water partition coefficient (Wildman–Crippen LogP) is 0.958. The molecule has 0 spiro atoms. The van der Waals surface area contributed by atoms with E-state index in [4.69, 9.17) is 0 Å². The van der Waals surface area contributed by atoms with Gasteiger partial charge in [-0.15, -0.1) is 5.12 Å². The zero-order chi connectivity index (χ0) is 13.5. The third kappa shape index (κ3) is 2.07. The molecule has 7 heteroatoms. The number of nitrogens with one attached hydrogen (secondary N) is 1. The molecule has 0 aromatic heterocycles. The normalized spacial score (nSPS) is 23.2. The summed E-state index contributed by atoms with van der Waals surface area (Å²) in [6.45, 7) is 1.74. The predicted molar refractivity (Wildman–Crippen MR) is 57.2 cm³/mol. The number of allylic oxidation sites excluding steroid dienone is 3. The standard InChI is InChI=1S/C11H10F3N3O/c1-7-3-5-8-9(6-4-7)17(16(2)15-8)10(18)11(12,13)14/h3,5,9,15H,1-2H3. The molecular weight excluding hydrogens is 247 g/mol. The molecule has 1 aliphatic carbocycles. The molecule has 18 heavy (non-hydrogen) atoms. The highest BCUT2D eigenvalue weighted by atomic mass is 19.4. The zero-order valence-corrected chi connectivity index (χ0v) is 9.67. The van der Waals surface area contributed by atoms with Gasteiger partial charge in [-0.25, -0.2) is 5.01 Å². The SMILES string of the molecule is CC1=CC=C2NN(C)N(C(=O)C(F)(F)F)C2C#C1. The second-order valence-corrected chi connectivity index (χ2v) is 3.93. The molecule has 1 fully saturated rings. The summed E-state index contributed by atoms with van der Waals surface area (Å²) in [7, 11) is 1.33. The molecule has 1 atom stereocenters. The second kappa shape index (κ2) is 4.07. The first-order chi connectivity index (χ1) is 8.30. The molecule has 2 aliphatic rings. The minimum absolute atomic E-state index is 0.444. The van der Waals surface area contributed by atoms with Crippen LogP contribution < -0.4 is 5.43 Å². The number of hydrogen-bond donors (Lipinski definition) is 1. The molecular formula is C11H10F3N3O. The van der Waals surface area contributed by atoms with Gasteiger partial charge in [-0.2, -0.15) is 13.2 Å². The van der Waals surface area contributed by atoms with Gasteiger partial charge in [0.05, 0.1) is 5.70 Å². The van der Waals surface area contributed by atoms with Gasteiger partial charge in [-0.1, -0.05) is 11.8 Å². The van der Waals surface area contributed by atoms with Crippen LogP contribution >= 0.6 is 0 Å². The van der Waals surface area contributed by atoms with Crippen LogP contribution in [0.4, 0.5) is 13.2 Å². The maximum absolute atomic E-state index is 12.5. The van der Waals surface area contributed by atoms with E-state index in [1.807, 2.05) is 0 Å². The minimum Gasteiger partial charge on any atom is -0.302 e. The van der Waals surface area contributed by atoms with E-state index in [1.165, 1.54) is 7.05 Å². The minimum atomic E-state index is -4.93. The van der Waals surface area contributed by atoms with Gasteiger partial charge >= 0.3 is 12.1 Å². The van der Waals surface area contributed by atoms with Crippen molar-refractivity contribution in [3.63, 3.8) is 0 Å². The van der Waals surface area contributed by atoms with E-state index < -0.39 is 18.1 Å². The van der Waals surface area contributed by atoms with Crippen molar-refractivity contribution in [1.29, 1.82) is 0 Å². The van der Waals surface area contributed by atoms with E-state index in [9.17, 15) is 18.0 Å². The zero-order valence-electron chi connectivity index (χ0n) is 9.67. The average molecular weight is 257 g/mol. The van der Waals surface area contributed by atoms with Crippen molar-refractivity contribution in [2.45, 2.75) is 19.1 Å². The van der Waals surface area contributed by atoms with Crippen molar-refractivity contribution in [3.05, 3.63) is 23.4 Å². The van der Waals surface area contributed by atoms with Crippen LogP contribution in [0.2, 0.25) is 0 Å². The highest BCUT2D eigenvalue weighted by Gasteiger charge is 2.49. The Kier molecular flexibility index (Phi) is 2.83. The number of alkyl halides is 3. The highest BCUT2D eigenvalue weighted by Crippen LogP contribution is 2.26. The highest BCUT2D eigenvalue weighted by molar-refractivity contribution is 5.83. The lowest BCUT2D eigenvalue weighted by atomic mass is 10.2. The van der Waals surface area contributed by atoms with Crippen LogP contribution in [0.15, 0.2) is 23.4 Å². The Morgan fingerprint density at radius 1 is 1.44 bits per heavy atom. The molecule has 0 aromatic carbocycles. The fourth-order valence-corrected chi connectivity index (χ4v) is 1.70. The molecule has 1 amide bonds. The van der Waals surface area contributed by atoms with Gasteiger partial charge < -0.3 is 5.43 Å². The number of fused-ring (bicyclic) bond motifs is 1. The van der Waals surface area contributed by atoms with Crippen LogP contribution in [0.3, 0.4) is 0 Å². The molecule has 0 aromatic rings. The fourth-order valence-electron chi connectivity index (χ4n) is 1.70. The van der Waals surface area contributed by atoms with Gasteiger partial charge in [-0.05, 0) is 24.6 Å². The van der Waals surface area contributed by atoms with Crippen LogP contribution in [0.5, 0.6) is 0 Å². The summed E-state index contributed by atoms with van der Waals surface area (Å²) in [6, 6.07) is -0.933. The van der Waals surface area contributed by atoms with Crippen molar-refractivity contribution < 1.29 is 18.0 Å². The van der Waals surface area contributed by atoms with E-state index in [2.05, 4.69) is 17.3 Å². The third-order valence-electron chi connectivity index (χ3n) is 2.52. The average Bonchev–Trinajstić information content (AvgIpc) is 2.46. The maximum atomic E-state index is 12.5. The Balaban J connectivity index is 2.37. The Labute approximate surface area is 102 Å². The van der Waals surface area contributed by atoms with Crippen molar-refractivity contribution in [2.75, 3.05) is 7.05 Å². The third-order valence-corrected chi connectivity index (χ3v) is 2.52. The summed E-state index contributed by atoms with van der Waals surface area (Å²) in [5.41, 5.74) is 3.84. The molecule has 1 unspecified atom stereocenters. The summed E-state index contributed by atoms with van der Waals surface area (Å²) >= 11 is 0. The topological polar surface area (TPSA) is 35.6 Å². The first kappa shape index (κ1) is 12.5. The Bertz CT molecular complexity index is 510. The molecule has 1 heterocycles. The summed E-state index contributed by atoms with van der Waals surface area (Å²) < 4.78 is 37.5. The molecule has 1 saturated heterocycles. The first-order valence-corrected chi connectivity index (χ1v) is 5.11. The number of rotatable bonds is 0. The number of halogens is 3. The van der Waals surface area contributed by atoms with E-state index in [-0.39, 0.29) is 0 Å². The molecule has 4 nitrogen and oxygen atoms in total. The van der Waals surface area contributed by atoms with E-state index in [0.29, 0.717) is 10.7 Å². The molecule has 0 bridgehead atoms. The van der Waals surface area contributed by atoms with Crippen LogP contribution in [0.25, 0.3) is 0 Å². The largest absolute Gasteiger partial charge is 0.472 e. The van der Waals surface area contributed by atoms with E-state index in [0.717, 1.165) is 10.7 Å². The Morgan fingerprint density at radius 3 is 2.72 bits per heavy atom. The van der Waals surface area contributed by atoms with Gasteiger partial charge in [0.25, 0.3) is 0 Å². The molecule has 0 radical (unpaired) electrons. The number of carbonyl (C=O) groups is 1. The molecule has 0 saturated carbocycles. The fraction of sp³-hybridized carbons (Fsp3) is 0.364. The number of amides is 1. The summed E-state index contributed by atoms with van der Waals surface area (Å²) in [4.78, 5) is 11.3. The van der Waals surface area contributed by atoms with E-state index in [1.54, 1.807) is 19.1 Å².